The Labute approximate surface area is 196 Å². The SMILES string of the molecule is CCN(Cc1ccccc1)Cc1ccc(CN2CCN(c3ncccc3C(=O)O)CC2)cc1. The number of aromatic carboxylic acids is 1. The summed E-state index contributed by atoms with van der Waals surface area (Å²) < 4.78 is 0. The van der Waals surface area contributed by atoms with E-state index in [4.69, 9.17) is 0 Å². The number of piperazine rings is 1. The first-order valence-electron chi connectivity index (χ1n) is 11.6. The van der Waals surface area contributed by atoms with Crippen molar-refractivity contribution in [2.24, 2.45) is 0 Å². The minimum atomic E-state index is -0.925. The van der Waals surface area contributed by atoms with Gasteiger partial charge in [-0.1, -0.05) is 61.5 Å². The molecule has 1 N–H and O–H groups in total. The first kappa shape index (κ1) is 23.0. The Morgan fingerprint density at radius 3 is 2.15 bits per heavy atom. The molecule has 0 aliphatic carbocycles. The molecule has 1 aromatic heterocycles. The molecule has 0 radical (unpaired) electrons. The topological polar surface area (TPSA) is 59.9 Å². The van der Waals surface area contributed by atoms with Crippen LogP contribution >= 0.6 is 0 Å². The maximum Gasteiger partial charge on any atom is 0.339 e. The molecule has 1 fully saturated rings. The number of carboxylic acids is 1. The summed E-state index contributed by atoms with van der Waals surface area (Å²) in [6, 6.07) is 22.9. The lowest BCUT2D eigenvalue weighted by Crippen LogP contribution is -2.46. The maximum absolute atomic E-state index is 11.5. The third-order valence-corrected chi connectivity index (χ3v) is 6.22. The highest BCUT2D eigenvalue weighted by atomic mass is 16.4. The molecule has 2 heterocycles. The fraction of sp³-hybridized carbons (Fsp3) is 0.333. The van der Waals surface area contributed by atoms with Crippen LogP contribution in [0.4, 0.5) is 5.82 Å². The van der Waals surface area contributed by atoms with Crippen LogP contribution in [-0.2, 0) is 19.6 Å². The highest BCUT2D eigenvalue weighted by Gasteiger charge is 2.22. The van der Waals surface area contributed by atoms with Crippen LogP contribution in [0, 0.1) is 0 Å². The van der Waals surface area contributed by atoms with Crippen molar-refractivity contribution in [1.82, 2.24) is 14.8 Å². The van der Waals surface area contributed by atoms with Gasteiger partial charge in [-0.25, -0.2) is 9.78 Å². The molecule has 0 unspecified atom stereocenters. The third kappa shape index (κ3) is 6.18. The number of hydrogen-bond donors (Lipinski definition) is 1. The summed E-state index contributed by atoms with van der Waals surface area (Å²) in [5, 5.41) is 9.43. The van der Waals surface area contributed by atoms with E-state index in [1.807, 2.05) is 0 Å². The smallest absolute Gasteiger partial charge is 0.339 e. The first-order valence-corrected chi connectivity index (χ1v) is 11.6. The van der Waals surface area contributed by atoms with E-state index in [-0.39, 0.29) is 5.56 Å². The Balaban J connectivity index is 1.29. The number of anilines is 1. The van der Waals surface area contributed by atoms with Gasteiger partial charge in [0.25, 0.3) is 0 Å². The predicted molar refractivity (Wildman–Crippen MR) is 131 cm³/mol. The van der Waals surface area contributed by atoms with Crippen LogP contribution in [0.3, 0.4) is 0 Å². The average Bonchev–Trinajstić information content (AvgIpc) is 2.86. The quantitative estimate of drug-likeness (QED) is 0.536. The van der Waals surface area contributed by atoms with E-state index >= 15 is 0 Å². The van der Waals surface area contributed by atoms with E-state index in [0.717, 1.165) is 52.4 Å². The van der Waals surface area contributed by atoms with E-state index in [2.05, 4.69) is 81.2 Å². The van der Waals surface area contributed by atoms with E-state index in [1.54, 1.807) is 18.3 Å². The first-order chi connectivity index (χ1) is 16.1. The van der Waals surface area contributed by atoms with Crippen LogP contribution in [0.1, 0.15) is 34.0 Å². The zero-order chi connectivity index (χ0) is 23.0. The fourth-order valence-corrected chi connectivity index (χ4v) is 4.32. The molecule has 0 amide bonds. The highest BCUT2D eigenvalue weighted by molar-refractivity contribution is 5.93. The third-order valence-electron chi connectivity index (χ3n) is 6.22. The van der Waals surface area contributed by atoms with Gasteiger partial charge >= 0.3 is 5.97 Å². The van der Waals surface area contributed by atoms with Crippen molar-refractivity contribution in [3.63, 3.8) is 0 Å². The lowest BCUT2D eigenvalue weighted by Gasteiger charge is -2.35. The largest absolute Gasteiger partial charge is 0.478 e. The Morgan fingerprint density at radius 1 is 0.879 bits per heavy atom. The van der Waals surface area contributed by atoms with Gasteiger partial charge in [0.1, 0.15) is 11.4 Å². The Bertz CT molecular complexity index is 1030. The molecule has 6 heteroatoms. The van der Waals surface area contributed by atoms with Gasteiger partial charge in [0, 0.05) is 52.0 Å². The Kier molecular flexibility index (Phi) is 7.70. The summed E-state index contributed by atoms with van der Waals surface area (Å²) in [5.74, 6) is -0.351. The van der Waals surface area contributed by atoms with Gasteiger partial charge < -0.3 is 10.0 Å². The van der Waals surface area contributed by atoms with Crippen molar-refractivity contribution < 1.29 is 9.90 Å². The number of aromatic nitrogens is 1. The molecule has 2 aromatic carbocycles. The predicted octanol–water partition coefficient (Wildman–Crippen LogP) is 4.12. The van der Waals surface area contributed by atoms with Crippen LogP contribution in [0.15, 0.2) is 72.9 Å². The summed E-state index contributed by atoms with van der Waals surface area (Å²) >= 11 is 0. The van der Waals surface area contributed by atoms with Crippen LogP contribution in [0.25, 0.3) is 0 Å². The van der Waals surface area contributed by atoms with E-state index in [1.165, 1.54) is 16.7 Å². The van der Waals surface area contributed by atoms with E-state index < -0.39 is 5.97 Å². The zero-order valence-electron chi connectivity index (χ0n) is 19.2. The second-order valence-electron chi connectivity index (χ2n) is 8.55. The van der Waals surface area contributed by atoms with Crippen molar-refractivity contribution in [1.29, 1.82) is 0 Å². The molecular weight excluding hydrogens is 412 g/mol. The van der Waals surface area contributed by atoms with Gasteiger partial charge in [-0.2, -0.15) is 0 Å². The van der Waals surface area contributed by atoms with E-state index in [0.29, 0.717) is 5.82 Å². The van der Waals surface area contributed by atoms with Gasteiger partial charge in [0.15, 0.2) is 0 Å². The summed E-state index contributed by atoms with van der Waals surface area (Å²) in [7, 11) is 0. The minimum Gasteiger partial charge on any atom is -0.478 e. The molecule has 3 aromatic rings. The highest BCUT2D eigenvalue weighted by Crippen LogP contribution is 2.20. The Morgan fingerprint density at radius 2 is 1.52 bits per heavy atom. The van der Waals surface area contributed by atoms with Gasteiger partial charge in [-0.05, 0) is 35.4 Å². The summed E-state index contributed by atoms with van der Waals surface area (Å²) in [6.45, 7) is 9.37. The summed E-state index contributed by atoms with van der Waals surface area (Å²) in [6.07, 6.45) is 1.66. The molecule has 1 aliphatic rings. The average molecular weight is 445 g/mol. The normalized spacial score (nSPS) is 14.5. The lowest BCUT2D eigenvalue weighted by atomic mass is 10.1. The van der Waals surface area contributed by atoms with Gasteiger partial charge in [-0.15, -0.1) is 0 Å². The van der Waals surface area contributed by atoms with Crippen LogP contribution in [0.5, 0.6) is 0 Å². The van der Waals surface area contributed by atoms with Crippen LogP contribution in [-0.4, -0.2) is 58.6 Å². The molecule has 1 saturated heterocycles. The van der Waals surface area contributed by atoms with Crippen molar-refractivity contribution in [2.45, 2.75) is 26.6 Å². The number of carboxylic acid groups (broad SMARTS) is 1. The molecule has 172 valence electrons. The molecule has 6 nitrogen and oxygen atoms in total. The maximum atomic E-state index is 11.5. The van der Waals surface area contributed by atoms with Gasteiger partial charge in [-0.3, -0.25) is 9.80 Å². The molecule has 0 bridgehead atoms. The molecule has 0 atom stereocenters. The number of hydrogen-bond acceptors (Lipinski definition) is 5. The number of nitrogens with zero attached hydrogens (tertiary/aromatic N) is 4. The van der Waals surface area contributed by atoms with Crippen molar-refractivity contribution in [2.75, 3.05) is 37.6 Å². The second kappa shape index (κ2) is 11.1. The summed E-state index contributed by atoms with van der Waals surface area (Å²) in [4.78, 5) is 22.8. The standard InChI is InChI=1S/C27H32N4O2/c1-2-29(19-22-7-4-3-5-8-22)20-23-10-12-24(13-11-23)21-30-15-17-31(18-16-30)26-25(27(32)33)9-6-14-28-26/h3-14H,2,15-21H2,1H3,(H,32,33). The van der Waals surface area contributed by atoms with Crippen LogP contribution < -0.4 is 4.90 Å². The number of carbonyl (C=O) groups is 1. The van der Waals surface area contributed by atoms with Crippen LogP contribution in [0.2, 0.25) is 0 Å². The molecule has 0 saturated carbocycles. The van der Waals surface area contributed by atoms with Crippen molar-refractivity contribution in [3.05, 3.63) is 95.2 Å². The molecule has 0 spiro atoms. The second-order valence-corrected chi connectivity index (χ2v) is 8.55. The number of rotatable bonds is 9. The van der Waals surface area contributed by atoms with E-state index in [9.17, 15) is 9.90 Å². The molecule has 33 heavy (non-hydrogen) atoms. The zero-order valence-corrected chi connectivity index (χ0v) is 19.2. The molecule has 1 aliphatic heterocycles. The molecular formula is C27H32N4O2. The van der Waals surface area contributed by atoms with Gasteiger partial charge in [0.2, 0.25) is 0 Å². The fourth-order valence-electron chi connectivity index (χ4n) is 4.32. The van der Waals surface area contributed by atoms with Gasteiger partial charge in [0.05, 0.1) is 0 Å². The Hall–Kier alpha value is -3.22. The number of benzene rings is 2. The number of pyridine rings is 1. The minimum absolute atomic E-state index is 0.273. The monoisotopic (exact) mass is 444 g/mol. The van der Waals surface area contributed by atoms with Crippen molar-refractivity contribution >= 4 is 11.8 Å². The lowest BCUT2D eigenvalue weighted by molar-refractivity contribution is 0.0697. The molecule has 4 rings (SSSR count). The van der Waals surface area contributed by atoms with Crippen molar-refractivity contribution in [3.8, 4) is 0 Å². The summed E-state index contributed by atoms with van der Waals surface area (Å²) in [5.41, 5.74) is 4.26.